The predicted molar refractivity (Wildman–Crippen MR) is 102 cm³/mol. The Balaban J connectivity index is 1.56. The van der Waals surface area contributed by atoms with Crippen molar-refractivity contribution in [3.8, 4) is 0 Å². The van der Waals surface area contributed by atoms with Crippen LogP contribution in [0.25, 0.3) is 0 Å². The molecule has 2 fully saturated rings. The second kappa shape index (κ2) is 8.68. The van der Waals surface area contributed by atoms with Gasteiger partial charge in [0.25, 0.3) is 0 Å². The average molecular weight is 396 g/mol. The first-order chi connectivity index (χ1) is 12.9. The molecule has 1 amide bonds. The molecular weight excluding hydrogens is 366 g/mol. The third kappa shape index (κ3) is 4.87. The Morgan fingerprint density at radius 2 is 2.00 bits per heavy atom. The SMILES string of the molecule is CC1CCCN(S(=O)(=O)c2ccc(CNC(=O)[C@@H]3CC[C@H](CN)O3)cc2)C1. The average Bonchev–Trinajstić information content (AvgIpc) is 3.16. The first kappa shape index (κ1) is 20.3. The first-order valence-electron chi connectivity index (χ1n) is 9.62. The molecule has 7 nitrogen and oxygen atoms in total. The van der Waals surface area contributed by atoms with Gasteiger partial charge in [0.15, 0.2) is 0 Å². The lowest BCUT2D eigenvalue weighted by Gasteiger charge is -2.30. The topological polar surface area (TPSA) is 102 Å². The largest absolute Gasteiger partial charge is 0.364 e. The molecule has 0 bridgehead atoms. The predicted octanol–water partition coefficient (Wildman–Crippen LogP) is 1.23. The molecule has 2 aliphatic heterocycles. The van der Waals surface area contributed by atoms with Gasteiger partial charge in [0.1, 0.15) is 6.10 Å². The number of carbonyl (C=O) groups is 1. The summed E-state index contributed by atoms with van der Waals surface area (Å²) in [6.07, 6.45) is 2.97. The van der Waals surface area contributed by atoms with E-state index in [1.165, 1.54) is 0 Å². The zero-order chi connectivity index (χ0) is 19.4. The third-order valence-electron chi connectivity index (χ3n) is 5.31. The molecule has 150 valence electrons. The van der Waals surface area contributed by atoms with Gasteiger partial charge in [-0.25, -0.2) is 8.42 Å². The molecule has 3 N–H and O–H groups in total. The van der Waals surface area contributed by atoms with Crippen LogP contribution in [0.3, 0.4) is 0 Å². The standard InChI is InChI=1S/C19H29N3O4S/c1-14-3-2-10-22(13-14)27(24,25)17-7-4-15(5-8-17)12-21-19(23)18-9-6-16(11-20)26-18/h4-5,7-8,14,16,18H,2-3,6,9-13,20H2,1H3,(H,21,23)/t14?,16-,18+/m1/s1. The summed E-state index contributed by atoms with van der Waals surface area (Å²) < 4.78 is 32.7. The number of rotatable bonds is 6. The Labute approximate surface area is 161 Å². The van der Waals surface area contributed by atoms with Gasteiger partial charge in [-0.05, 0) is 49.3 Å². The van der Waals surface area contributed by atoms with Crippen LogP contribution in [0.4, 0.5) is 0 Å². The van der Waals surface area contributed by atoms with E-state index in [9.17, 15) is 13.2 Å². The number of piperidine rings is 1. The highest BCUT2D eigenvalue weighted by Crippen LogP contribution is 2.24. The second-order valence-corrected chi connectivity index (χ2v) is 9.47. The lowest BCUT2D eigenvalue weighted by Crippen LogP contribution is -2.39. The summed E-state index contributed by atoms with van der Waals surface area (Å²) in [5.41, 5.74) is 6.41. The normalized spacial score (nSPS) is 26.8. The molecule has 1 aromatic rings. The lowest BCUT2D eigenvalue weighted by atomic mass is 10.0. The van der Waals surface area contributed by atoms with Gasteiger partial charge in [0.2, 0.25) is 15.9 Å². The summed E-state index contributed by atoms with van der Waals surface area (Å²) in [6.45, 7) is 4.00. The van der Waals surface area contributed by atoms with E-state index in [0.29, 0.717) is 43.4 Å². The van der Waals surface area contributed by atoms with Crippen LogP contribution in [0.15, 0.2) is 29.2 Å². The Morgan fingerprint density at radius 1 is 1.26 bits per heavy atom. The molecular formula is C19H29N3O4S. The van der Waals surface area contributed by atoms with Crippen molar-refractivity contribution in [3.05, 3.63) is 29.8 Å². The fourth-order valence-corrected chi connectivity index (χ4v) is 5.27. The fourth-order valence-electron chi connectivity index (χ4n) is 3.67. The molecule has 0 aliphatic carbocycles. The number of sulfonamides is 1. The van der Waals surface area contributed by atoms with Crippen LogP contribution < -0.4 is 11.1 Å². The van der Waals surface area contributed by atoms with Crippen LogP contribution >= 0.6 is 0 Å². The molecule has 2 heterocycles. The van der Waals surface area contributed by atoms with Crippen LogP contribution in [-0.2, 0) is 26.1 Å². The zero-order valence-corrected chi connectivity index (χ0v) is 16.6. The van der Waals surface area contributed by atoms with Crippen LogP contribution in [-0.4, -0.2) is 50.5 Å². The van der Waals surface area contributed by atoms with Crippen molar-refractivity contribution in [2.75, 3.05) is 19.6 Å². The van der Waals surface area contributed by atoms with Gasteiger partial charge in [-0.1, -0.05) is 19.1 Å². The van der Waals surface area contributed by atoms with Gasteiger partial charge >= 0.3 is 0 Å². The molecule has 3 atom stereocenters. The van der Waals surface area contributed by atoms with Gasteiger partial charge in [0, 0.05) is 26.2 Å². The Hall–Kier alpha value is -1.48. The number of nitrogens with one attached hydrogen (secondary N) is 1. The Bertz CT molecular complexity index is 751. The van der Waals surface area contributed by atoms with E-state index in [0.717, 1.165) is 24.8 Å². The maximum atomic E-state index is 12.8. The number of carbonyl (C=O) groups excluding carboxylic acids is 1. The quantitative estimate of drug-likeness (QED) is 0.754. The van der Waals surface area contributed by atoms with Gasteiger partial charge < -0.3 is 15.8 Å². The fraction of sp³-hybridized carbons (Fsp3) is 0.632. The van der Waals surface area contributed by atoms with E-state index in [4.69, 9.17) is 10.5 Å². The molecule has 2 aliphatic rings. The third-order valence-corrected chi connectivity index (χ3v) is 7.19. The number of hydrogen-bond donors (Lipinski definition) is 2. The molecule has 3 rings (SSSR count). The summed E-state index contributed by atoms with van der Waals surface area (Å²) >= 11 is 0. The van der Waals surface area contributed by atoms with Crippen molar-refractivity contribution in [1.29, 1.82) is 0 Å². The van der Waals surface area contributed by atoms with Gasteiger partial charge in [-0.15, -0.1) is 0 Å². The van der Waals surface area contributed by atoms with Crippen molar-refractivity contribution >= 4 is 15.9 Å². The minimum atomic E-state index is -3.45. The Kier molecular flexibility index (Phi) is 6.52. The summed E-state index contributed by atoms with van der Waals surface area (Å²) in [5.74, 6) is 0.240. The highest BCUT2D eigenvalue weighted by molar-refractivity contribution is 7.89. The molecule has 0 radical (unpaired) electrons. The summed E-state index contributed by atoms with van der Waals surface area (Å²) in [4.78, 5) is 12.5. The van der Waals surface area contributed by atoms with Crippen LogP contribution in [0.5, 0.6) is 0 Å². The van der Waals surface area contributed by atoms with Crippen molar-refractivity contribution < 1.29 is 17.9 Å². The van der Waals surface area contributed by atoms with Gasteiger partial charge in [-0.3, -0.25) is 4.79 Å². The van der Waals surface area contributed by atoms with Gasteiger partial charge in [0.05, 0.1) is 11.0 Å². The smallest absolute Gasteiger partial charge is 0.249 e. The summed E-state index contributed by atoms with van der Waals surface area (Å²) in [6, 6.07) is 6.73. The monoisotopic (exact) mass is 395 g/mol. The van der Waals surface area contributed by atoms with E-state index < -0.39 is 16.1 Å². The van der Waals surface area contributed by atoms with Crippen molar-refractivity contribution in [1.82, 2.24) is 9.62 Å². The summed E-state index contributed by atoms with van der Waals surface area (Å²) in [5, 5.41) is 2.85. The van der Waals surface area contributed by atoms with Crippen LogP contribution in [0.1, 0.15) is 38.2 Å². The Morgan fingerprint density at radius 3 is 2.63 bits per heavy atom. The summed E-state index contributed by atoms with van der Waals surface area (Å²) in [7, 11) is -3.45. The maximum absolute atomic E-state index is 12.8. The molecule has 27 heavy (non-hydrogen) atoms. The number of ether oxygens (including phenoxy) is 1. The molecule has 1 aromatic carbocycles. The highest BCUT2D eigenvalue weighted by atomic mass is 32.2. The zero-order valence-electron chi connectivity index (χ0n) is 15.8. The minimum absolute atomic E-state index is 0.0391. The highest BCUT2D eigenvalue weighted by Gasteiger charge is 2.30. The minimum Gasteiger partial charge on any atom is -0.364 e. The number of nitrogens with zero attached hydrogens (tertiary/aromatic N) is 1. The van der Waals surface area contributed by atoms with Crippen LogP contribution in [0.2, 0.25) is 0 Å². The van der Waals surface area contributed by atoms with Crippen molar-refractivity contribution in [2.24, 2.45) is 11.7 Å². The van der Waals surface area contributed by atoms with E-state index >= 15 is 0 Å². The number of hydrogen-bond acceptors (Lipinski definition) is 5. The van der Waals surface area contributed by atoms with E-state index in [2.05, 4.69) is 12.2 Å². The number of nitrogens with two attached hydrogens (primary N) is 1. The molecule has 0 saturated carbocycles. The molecule has 2 saturated heterocycles. The van der Waals surface area contributed by atoms with Crippen molar-refractivity contribution in [2.45, 2.75) is 56.3 Å². The van der Waals surface area contributed by atoms with Crippen LogP contribution in [0, 0.1) is 5.92 Å². The van der Waals surface area contributed by atoms with E-state index in [1.54, 1.807) is 28.6 Å². The molecule has 8 heteroatoms. The van der Waals surface area contributed by atoms with Gasteiger partial charge in [-0.2, -0.15) is 4.31 Å². The first-order valence-corrected chi connectivity index (χ1v) is 11.1. The second-order valence-electron chi connectivity index (χ2n) is 7.53. The van der Waals surface area contributed by atoms with Crippen molar-refractivity contribution in [3.63, 3.8) is 0 Å². The maximum Gasteiger partial charge on any atom is 0.249 e. The molecule has 0 spiro atoms. The number of amides is 1. The van der Waals surface area contributed by atoms with E-state index in [1.807, 2.05) is 0 Å². The lowest BCUT2D eigenvalue weighted by molar-refractivity contribution is -0.132. The number of benzene rings is 1. The molecule has 1 unspecified atom stereocenters. The molecule has 0 aromatic heterocycles. The van der Waals surface area contributed by atoms with E-state index in [-0.39, 0.29) is 12.0 Å².